The summed E-state index contributed by atoms with van der Waals surface area (Å²) in [5.41, 5.74) is -0.499. The predicted molar refractivity (Wildman–Crippen MR) is 102 cm³/mol. The molecule has 1 amide bonds. The summed E-state index contributed by atoms with van der Waals surface area (Å²) < 4.78 is 32.9. The van der Waals surface area contributed by atoms with Crippen LogP contribution in [-0.2, 0) is 20.4 Å². The molecule has 10 heteroatoms. The van der Waals surface area contributed by atoms with E-state index in [1.807, 2.05) is 0 Å². The van der Waals surface area contributed by atoms with Gasteiger partial charge in [-0.15, -0.1) is 4.40 Å². The number of fused-ring (bicyclic) bond motifs is 1. The Hall–Kier alpha value is -2.49. The number of nitrogens with zero attached hydrogens (tertiary/aromatic N) is 4. The zero-order valence-corrected chi connectivity index (χ0v) is 16.5. The molecule has 1 aromatic heterocycles. The van der Waals surface area contributed by atoms with Crippen molar-refractivity contribution < 1.29 is 17.7 Å². The summed E-state index contributed by atoms with van der Waals surface area (Å²) in [6.07, 6.45) is 10.5. The van der Waals surface area contributed by atoms with Crippen molar-refractivity contribution in [2.75, 3.05) is 12.3 Å². The van der Waals surface area contributed by atoms with Crippen molar-refractivity contribution in [2.24, 2.45) is 4.40 Å². The fourth-order valence-corrected chi connectivity index (χ4v) is 4.89. The Morgan fingerprint density at radius 3 is 2.68 bits per heavy atom. The van der Waals surface area contributed by atoms with Crippen LogP contribution in [0.4, 0.5) is 0 Å². The number of aromatic nitrogens is 2. The second-order valence-corrected chi connectivity index (χ2v) is 9.16. The summed E-state index contributed by atoms with van der Waals surface area (Å²) >= 11 is 0. The quantitative estimate of drug-likeness (QED) is 0.758. The summed E-state index contributed by atoms with van der Waals surface area (Å²) in [7, 11) is -3.57. The van der Waals surface area contributed by atoms with Crippen LogP contribution in [0.15, 0.2) is 32.8 Å². The zero-order chi connectivity index (χ0) is 19.8. The van der Waals surface area contributed by atoms with Gasteiger partial charge >= 0.3 is 0 Å². The maximum atomic E-state index is 13.2. The van der Waals surface area contributed by atoms with Crippen molar-refractivity contribution in [1.82, 2.24) is 20.4 Å². The molecule has 28 heavy (non-hydrogen) atoms. The van der Waals surface area contributed by atoms with E-state index in [2.05, 4.69) is 19.9 Å². The lowest BCUT2D eigenvalue weighted by atomic mass is 9.88. The highest BCUT2D eigenvalue weighted by Crippen LogP contribution is 2.35. The highest BCUT2D eigenvalue weighted by molar-refractivity contribution is 7.90. The van der Waals surface area contributed by atoms with Gasteiger partial charge in [-0.25, -0.2) is 8.42 Å². The number of hydrogen-bond acceptors (Lipinski definition) is 7. The number of aryl methyl sites for hydroxylation is 1. The lowest BCUT2D eigenvalue weighted by molar-refractivity contribution is -0.119. The maximum absolute atomic E-state index is 13.2. The van der Waals surface area contributed by atoms with Gasteiger partial charge in [0.15, 0.2) is 11.7 Å². The van der Waals surface area contributed by atoms with E-state index in [1.54, 1.807) is 30.2 Å². The molecule has 0 bridgehead atoms. The molecule has 1 saturated carbocycles. The lowest BCUT2D eigenvalue weighted by Crippen LogP contribution is -2.50. The number of carbonyl (C=O) groups excluding carboxylic acids is 1. The molecule has 4 rings (SSSR count). The second-order valence-electron chi connectivity index (χ2n) is 7.40. The number of carbonyl (C=O) groups is 1. The van der Waals surface area contributed by atoms with Gasteiger partial charge in [-0.2, -0.15) is 4.98 Å². The summed E-state index contributed by atoms with van der Waals surface area (Å²) in [5, 5.41) is 7.19. The largest absolute Gasteiger partial charge is 0.340 e. The Morgan fingerprint density at radius 2 is 2.00 bits per heavy atom. The van der Waals surface area contributed by atoms with E-state index < -0.39 is 15.6 Å². The minimum Gasteiger partial charge on any atom is -0.340 e. The van der Waals surface area contributed by atoms with Gasteiger partial charge in [0, 0.05) is 19.7 Å². The van der Waals surface area contributed by atoms with Gasteiger partial charge in [-0.05, 0) is 25.0 Å². The second kappa shape index (κ2) is 7.16. The van der Waals surface area contributed by atoms with Crippen molar-refractivity contribution >= 4 is 21.8 Å². The molecule has 1 fully saturated rings. The maximum Gasteiger partial charge on any atom is 0.256 e. The number of amides is 1. The van der Waals surface area contributed by atoms with Crippen LogP contribution in [0.3, 0.4) is 0 Å². The molecule has 0 saturated heterocycles. The first-order chi connectivity index (χ1) is 13.4. The van der Waals surface area contributed by atoms with E-state index in [1.165, 1.54) is 0 Å². The third-order valence-electron chi connectivity index (χ3n) is 5.37. The molecule has 1 aliphatic carbocycles. The molecule has 150 valence electrons. The number of amidine groups is 1. The molecule has 0 radical (unpaired) electrons. The molecule has 3 aliphatic rings. The van der Waals surface area contributed by atoms with Gasteiger partial charge in [0.2, 0.25) is 5.89 Å². The standard InChI is InChI=1S/C18H23N5O4S/c1-13-19-17(21-27-13)18(8-4-2-3-5-9-18)20-16(24)14-7-6-10-23-11-12-28(25,26)22-15(14)23/h6-7,10H,2-5,8-9,11-12H2,1H3,(H,20,24). The Morgan fingerprint density at radius 1 is 1.25 bits per heavy atom. The fourth-order valence-electron chi connectivity index (χ4n) is 3.91. The van der Waals surface area contributed by atoms with Crippen molar-refractivity contribution in [2.45, 2.75) is 51.0 Å². The van der Waals surface area contributed by atoms with Gasteiger partial charge in [-0.1, -0.05) is 30.8 Å². The molecule has 1 N–H and O–H groups in total. The van der Waals surface area contributed by atoms with Crippen LogP contribution in [0.1, 0.15) is 50.2 Å². The van der Waals surface area contributed by atoms with Crippen LogP contribution in [0.5, 0.6) is 0 Å². The van der Waals surface area contributed by atoms with Crippen molar-refractivity contribution in [3.63, 3.8) is 0 Å². The first-order valence-corrected chi connectivity index (χ1v) is 11.1. The summed E-state index contributed by atoms with van der Waals surface area (Å²) in [6, 6.07) is 0. The Balaban J connectivity index is 1.67. The normalized spacial score (nSPS) is 23.2. The number of nitrogens with one attached hydrogen (secondary N) is 1. The summed E-state index contributed by atoms with van der Waals surface area (Å²) in [5.74, 6) is 0.639. The molecule has 0 aromatic carbocycles. The minimum absolute atomic E-state index is 0.0676. The van der Waals surface area contributed by atoms with E-state index in [4.69, 9.17) is 4.52 Å². The van der Waals surface area contributed by atoms with Crippen LogP contribution < -0.4 is 5.32 Å². The summed E-state index contributed by atoms with van der Waals surface area (Å²) in [6.45, 7) is 1.99. The van der Waals surface area contributed by atoms with E-state index >= 15 is 0 Å². The van der Waals surface area contributed by atoms with Crippen LogP contribution in [0, 0.1) is 6.92 Å². The molecule has 0 atom stereocenters. The van der Waals surface area contributed by atoms with Gasteiger partial charge < -0.3 is 14.7 Å². The van der Waals surface area contributed by atoms with E-state index in [-0.39, 0.29) is 29.6 Å². The predicted octanol–water partition coefficient (Wildman–Crippen LogP) is 1.54. The average Bonchev–Trinajstić information content (AvgIpc) is 2.96. The number of allylic oxidation sites excluding steroid dienone is 2. The third kappa shape index (κ3) is 3.60. The van der Waals surface area contributed by atoms with E-state index in [0.717, 1.165) is 25.7 Å². The van der Waals surface area contributed by atoms with Gasteiger partial charge in [-0.3, -0.25) is 4.79 Å². The molecule has 0 unspecified atom stereocenters. The lowest BCUT2D eigenvalue weighted by Gasteiger charge is -2.33. The first-order valence-electron chi connectivity index (χ1n) is 9.50. The SMILES string of the molecule is Cc1nc(C2(NC(=O)C3=CC=CN4CCS(=O)(=O)N=C34)CCCCCC2)no1. The molecule has 0 spiro atoms. The van der Waals surface area contributed by atoms with Gasteiger partial charge in [0.25, 0.3) is 15.9 Å². The number of rotatable bonds is 3. The smallest absolute Gasteiger partial charge is 0.256 e. The first kappa shape index (κ1) is 18.9. The van der Waals surface area contributed by atoms with Crippen molar-refractivity contribution in [3.05, 3.63) is 35.6 Å². The average molecular weight is 405 g/mol. The van der Waals surface area contributed by atoms with Gasteiger partial charge in [0.1, 0.15) is 5.54 Å². The minimum atomic E-state index is -3.57. The van der Waals surface area contributed by atoms with E-state index in [0.29, 0.717) is 24.6 Å². The highest BCUT2D eigenvalue weighted by atomic mass is 32.2. The molecule has 3 heterocycles. The molecule has 1 aromatic rings. The Labute approximate surface area is 163 Å². The van der Waals surface area contributed by atoms with Gasteiger partial charge in [0.05, 0.1) is 11.3 Å². The Kier molecular flexibility index (Phi) is 4.82. The zero-order valence-electron chi connectivity index (χ0n) is 15.7. The molecule has 9 nitrogen and oxygen atoms in total. The number of sulfonamides is 1. The van der Waals surface area contributed by atoms with E-state index in [9.17, 15) is 13.2 Å². The topological polar surface area (TPSA) is 118 Å². The molecular weight excluding hydrogens is 382 g/mol. The fraction of sp³-hybridized carbons (Fsp3) is 0.556. The van der Waals surface area contributed by atoms with Crippen LogP contribution in [0.2, 0.25) is 0 Å². The molecule has 2 aliphatic heterocycles. The third-order valence-corrected chi connectivity index (χ3v) is 6.52. The highest BCUT2D eigenvalue weighted by Gasteiger charge is 2.40. The van der Waals surface area contributed by atoms with Crippen LogP contribution in [0.25, 0.3) is 0 Å². The number of hydrogen-bond donors (Lipinski definition) is 1. The van der Waals surface area contributed by atoms with Crippen LogP contribution >= 0.6 is 0 Å². The van der Waals surface area contributed by atoms with Crippen LogP contribution in [-0.4, -0.2) is 47.5 Å². The molecular formula is C18H23N5O4S. The Bertz CT molecular complexity index is 968. The monoisotopic (exact) mass is 405 g/mol. The van der Waals surface area contributed by atoms with Crippen molar-refractivity contribution in [1.29, 1.82) is 0 Å². The summed E-state index contributed by atoms with van der Waals surface area (Å²) in [4.78, 5) is 19.3. The van der Waals surface area contributed by atoms with Crippen molar-refractivity contribution in [3.8, 4) is 0 Å².